The second kappa shape index (κ2) is 3.37. The summed E-state index contributed by atoms with van der Waals surface area (Å²) in [6.07, 6.45) is 0. The minimum atomic E-state index is -3.05. The first-order valence-corrected chi connectivity index (χ1v) is 6.29. The van der Waals surface area contributed by atoms with Crippen LogP contribution in [0.1, 0.15) is 18.1 Å². The van der Waals surface area contributed by atoms with Gasteiger partial charge in [0.05, 0.1) is 5.75 Å². The van der Waals surface area contributed by atoms with Gasteiger partial charge in [0.25, 0.3) is 0 Å². The summed E-state index contributed by atoms with van der Waals surface area (Å²) in [5.41, 5.74) is 2.07. The number of sulfonamides is 1. The molecule has 4 heteroatoms. The van der Waals surface area contributed by atoms with E-state index in [9.17, 15) is 8.42 Å². The molecule has 14 heavy (non-hydrogen) atoms. The molecule has 3 nitrogen and oxygen atoms in total. The average molecular weight is 211 g/mol. The van der Waals surface area contributed by atoms with E-state index in [0.717, 1.165) is 11.1 Å². The fourth-order valence-electron chi connectivity index (χ4n) is 1.74. The number of nitrogens with zero attached hydrogens (tertiary/aromatic N) is 1. The van der Waals surface area contributed by atoms with Gasteiger partial charge >= 0.3 is 0 Å². The molecule has 0 saturated heterocycles. The molecule has 76 valence electrons. The zero-order chi connectivity index (χ0) is 10.2. The van der Waals surface area contributed by atoms with Gasteiger partial charge in [0.15, 0.2) is 0 Å². The van der Waals surface area contributed by atoms with Gasteiger partial charge < -0.3 is 0 Å². The molecular weight excluding hydrogens is 198 g/mol. The third-order valence-electron chi connectivity index (χ3n) is 2.55. The van der Waals surface area contributed by atoms with E-state index in [2.05, 4.69) is 0 Å². The van der Waals surface area contributed by atoms with Crippen LogP contribution in [0.25, 0.3) is 0 Å². The van der Waals surface area contributed by atoms with E-state index in [1.165, 1.54) is 4.31 Å². The Bertz CT molecular complexity index is 439. The van der Waals surface area contributed by atoms with Gasteiger partial charge in [-0.05, 0) is 11.1 Å². The second-order valence-corrected chi connectivity index (χ2v) is 5.42. The number of hydrogen-bond donors (Lipinski definition) is 0. The maximum absolute atomic E-state index is 11.7. The lowest BCUT2D eigenvalue weighted by Gasteiger charge is -2.27. The highest BCUT2D eigenvalue weighted by atomic mass is 32.2. The van der Waals surface area contributed by atoms with Crippen molar-refractivity contribution in [1.82, 2.24) is 4.31 Å². The quantitative estimate of drug-likeness (QED) is 0.703. The van der Waals surface area contributed by atoms with Gasteiger partial charge in [0.1, 0.15) is 0 Å². The topological polar surface area (TPSA) is 37.4 Å². The Morgan fingerprint density at radius 3 is 2.57 bits per heavy atom. The molecule has 0 fully saturated rings. The molecule has 0 unspecified atom stereocenters. The van der Waals surface area contributed by atoms with Crippen molar-refractivity contribution in [2.24, 2.45) is 0 Å². The first-order valence-electron chi connectivity index (χ1n) is 4.68. The summed E-state index contributed by atoms with van der Waals surface area (Å²) >= 11 is 0. The molecule has 2 rings (SSSR count). The van der Waals surface area contributed by atoms with E-state index in [4.69, 9.17) is 0 Å². The zero-order valence-corrected chi connectivity index (χ0v) is 8.92. The van der Waals surface area contributed by atoms with Gasteiger partial charge in [0, 0.05) is 13.1 Å². The van der Waals surface area contributed by atoms with Crippen LogP contribution in [0, 0.1) is 0 Å². The van der Waals surface area contributed by atoms with Crippen molar-refractivity contribution in [3.63, 3.8) is 0 Å². The molecule has 1 aromatic rings. The standard InChI is InChI=1S/C10H13NO2S/c1-2-11-7-9-5-3-4-6-10(9)8-14(11,12)13/h3-6H,2,7-8H2,1H3. The number of rotatable bonds is 1. The third-order valence-corrected chi connectivity index (χ3v) is 4.40. The maximum atomic E-state index is 11.7. The molecule has 0 aromatic heterocycles. The molecule has 0 saturated carbocycles. The summed E-state index contributed by atoms with van der Waals surface area (Å²) in [5, 5.41) is 0. The molecule has 1 aliphatic heterocycles. The molecule has 1 aliphatic rings. The van der Waals surface area contributed by atoms with Crippen molar-refractivity contribution in [2.45, 2.75) is 19.2 Å². The Balaban J connectivity index is 2.45. The van der Waals surface area contributed by atoms with Gasteiger partial charge in [-0.1, -0.05) is 31.2 Å². The van der Waals surface area contributed by atoms with E-state index < -0.39 is 10.0 Å². The maximum Gasteiger partial charge on any atom is 0.218 e. The predicted octanol–water partition coefficient (Wildman–Crippen LogP) is 1.35. The smallest absolute Gasteiger partial charge is 0.212 e. The summed E-state index contributed by atoms with van der Waals surface area (Å²) in [7, 11) is -3.05. The lowest BCUT2D eigenvalue weighted by Crippen LogP contribution is -2.35. The Hall–Kier alpha value is -0.870. The summed E-state index contributed by atoms with van der Waals surface area (Å²) in [6.45, 7) is 2.94. The highest BCUT2D eigenvalue weighted by Crippen LogP contribution is 2.23. The Labute approximate surface area is 84.4 Å². The molecule has 0 amide bonds. The van der Waals surface area contributed by atoms with Crippen molar-refractivity contribution in [3.05, 3.63) is 35.4 Å². The van der Waals surface area contributed by atoms with Crippen molar-refractivity contribution in [2.75, 3.05) is 6.54 Å². The molecule has 0 bridgehead atoms. The largest absolute Gasteiger partial charge is 0.218 e. The number of fused-ring (bicyclic) bond motifs is 1. The molecule has 1 heterocycles. The van der Waals surface area contributed by atoms with Gasteiger partial charge in [-0.2, -0.15) is 4.31 Å². The lowest BCUT2D eigenvalue weighted by molar-refractivity contribution is 0.413. The third kappa shape index (κ3) is 1.55. The van der Waals surface area contributed by atoms with Crippen molar-refractivity contribution >= 4 is 10.0 Å². The first kappa shape index (κ1) is 9.68. The van der Waals surface area contributed by atoms with Crippen LogP contribution in [0.3, 0.4) is 0 Å². The molecule has 0 N–H and O–H groups in total. The fourth-order valence-corrected chi connectivity index (χ4v) is 3.32. The van der Waals surface area contributed by atoms with Crippen LogP contribution in [0.15, 0.2) is 24.3 Å². The Kier molecular flexibility index (Phi) is 2.33. The highest BCUT2D eigenvalue weighted by Gasteiger charge is 2.27. The van der Waals surface area contributed by atoms with Crippen LogP contribution in [0.2, 0.25) is 0 Å². The zero-order valence-electron chi connectivity index (χ0n) is 8.10. The SMILES string of the molecule is CCN1Cc2ccccc2CS1(=O)=O. The van der Waals surface area contributed by atoms with Crippen molar-refractivity contribution in [3.8, 4) is 0 Å². The highest BCUT2D eigenvalue weighted by molar-refractivity contribution is 7.88. The van der Waals surface area contributed by atoms with E-state index in [0.29, 0.717) is 13.1 Å². The monoisotopic (exact) mass is 211 g/mol. The normalized spacial score (nSPS) is 20.4. The minimum Gasteiger partial charge on any atom is -0.212 e. The second-order valence-electron chi connectivity index (χ2n) is 3.45. The fraction of sp³-hybridized carbons (Fsp3) is 0.400. The van der Waals surface area contributed by atoms with Crippen LogP contribution in [0.5, 0.6) is 0 Å². The summed E-state index contributed by atoms with van der Waals surface area (Å²) in [6, 6.07) is 7.72. The Morgan fingerprint density at radius 1 is 1.29 bits per heavy atom. The number of benzene rings is 1. The molecule has 0 spiro atoms. The lowest BCUT2D eigenvalue weighted by atomic mass is 10.1. The van der Waals surface area contributed by atoms with Crippen LogP contribution in [0.4, 0.5) is 0 Å². The van der Waals surface area contributed by atoms with Crippen LogP contribution in [-0.4, -0.2) is 19.3 Å². The molecule has 1 aromatic carbocycles. The van der Waals surface area contributed by atoms with Crippen LogP contribution >= 0.6 is 0 Å². The van der Waals surface area contributed by atoms with Gasteiger partial charge in [-0.3, -0.25) is 0 Å². The van der Waals surface area contributed by atoms with Gasteiger partial charge in [0.2, 0.25) is 10.0 Å². The molecule has 0 aliphatic carbocycles. The van der Waals surface area contributed by atoms with Gasteiger partial charge in [-0.25, -0.2) is 8.42 Å². The van der Waals surface area contributed by atoms with E-state index >= 15 is 0 Å². The van der Waals surface area contributed by atoms with Crippen molar-refractivity contribution < 1.29 is 8.42 Å². The molecule has 0 radical (unpaired) electrons. The van der Waals surface area contributed by atoms with Gasteiger partial charge in [-0.15, -0.1) is 0 Å². The van der Waals surface area contributed by atoms with Crippen LogP contribution < -0.4 is 0 Å². The van der Waals surface area contributed by atoms with E-state index in [-0.39, 0.29) is 5.75 Å². The first-order chi connectivity index (χ1) is 6.63. The Morgan fingerprint density at radius 2 is 1.93 bits per heavy atom. The minimum absolute atomic E-state index is 0.150. The van der Waals surface area contributed by atoms with E-state index in [1.54, 1.807) is 0 Å². The van der Waals surface area contributed by atoms with Crippen molar-refractivity contribution in [1.29, 1.82) is 0 Å². The molecular formula is C10H13NO2S. The predicted molar refractivity (Wildman–Crippen MR) is 55.1 cm³/mol. The summed E-state index contributed by atoms with van der Waals surface area (Å²) in [4.78, 5) is 0. The summed E-state index contributed by atoms with van der Waals surface area (Å²) in [5.74, 6) is 0.150. The average Bonchev–Trinajstić information content (AvgIpc) is 2.15. The van der Waals surface area contributed by atoms with E-state index in [1.807, 2.05) is 31.2 Å². The van der Waals surface area contributed by atoms with Crippen LogP contribution in [-0.2, 0) is 22.3 Å². The number of hydrogen-bond acceptors (Lipinski definition) is 2. The molecule has 0 atom stereocenters. The summed E-state index contributed by atoms with van der Waals surface area (Å²) < 4.78 is 24.9.